The first-order valence-electron chi connectivity index (χ1n) is 6.34. The number of nitrogens with zero attached hydrogens (tertiary/aromatic N) is 2. The minimum absolute atomic E-state index is 0.227. The predicted octanol–water partition coefficient (Wildman–Crippen LogP) is 0.149. The zero-order chi connectivity index (χ0) is 11.5. The number of likely N-dealkylation sites (tertiary alicyclic amines) is 1. The molecule has 0 spiro atoms. The van der Waals surface area contributed by atoms with Crippen molar-refractivity contribution in [2.75, 3.05) is 40.3 Å². The summed E-state index contributed by atoms with van der Waals surface area (Å²) in [6.07, 6.45) is 3.26. The van der Waals surface area contributed by atoms with Gasteiger partial charge in [0.25, 0.3) is 0 Å². The molecular formula is C12H23N3O. The Hall–Kier alpha value is -0.610. The Morgan fingerprint density at radius 1 is 1.31 bits per heavy atom. The highest BCUT2D eigenvalue weighted by molar-refractivity contribution is 5.79. The number of carbonyl (C=O) groups excluding carboxylic acids is 1. The highest BCUT2D eigenvalue weighted by Crippen LogP contribution is 2.18. The second kappa shape index (κ2) is 5.15. The Bertz CT molecular complexity index is 243. The minimum atomic E-state index is 0.227. The molecule has 0 bridgehead atoms. The SMILES string of the molecule is CN1CCC(N(C)C(=O)C2CCNC2)CC1. The number of hydrogen-bond acceptors (Lipinski definition) is 3. The van der Waals surface area contributed by atoms with E-state index in [2.05, 4.69) is 17.3 Å². The fraction of sp³-hybridized carbons (Fsp3) is 0.917. The lowest BCUT2D eigenvalue weighted by molar-refractivity contribution is -0.136. The van der Waals surface area contributed by atoms with Crippen LogP contribution in [0.25, 0.3) is 0 Å². The second-order valence-electron chi connectivity index (χ2n) is 5.17. The maximum atomic E-state index is 12.2. The summed E-state index contributed by atoms with van der Waals surface area (Å²) in [5, 5.41) is 3.26. The molecule has 4 nitrogen and oxygen atoms in total. The lowest BCUT2D eigenvalue weighted by Crippen LogP contribution is -2.46. The molecule has 0 radical (unpaired) electrons. The average molecular weight is 225 g/mol. The van der Waals surface area contributed by atoms with Gasteiger partial charge in [0.05, 0.1) is 5.92 Å². The molecule has 1 amide bonds. The molecule has 0 aromatic rings. The largest absolute Gasteiger partial charge is 0.342 e. The molecule has 0 aromatic carbocycles. The van der Waals surface area contributed by atoms with E-state index in [1.165, 1.54) is 0 Å². The Morgan fingerprint density at radius 3 is 2.56 bits per heavy atom. The molecule has 2 aliphatic heterocycles. The Balaban J connectivity index is 1.86. The van der Waals surface area contributed by atoms with Crippen molar-refractivity contribution in [3.63, 3.8) is 0 Å². The van der Waals surface area contributed by atoms with Gasteiger partial charge in [0, 0.05) is 19.6 Å². The molecular weight excluding hydrogens is 202 g/mol. The van der Waals surface area contributed by atoms with Gasteiger partial charge in [0.15, 0.2) is 0 Å². The molecule has 16 heavy (non-hydrogen) atoms. The maximum absolute atomic E-state index is 12.2. The summed E-state index contributed by atoms with van der Waals surface area (Å²) >= 11 is 0. The van der Waals surface area contributed by atoms with Gasteiger partial charge in [0.2, 0.25) is 5.91 Å². The van der Waals surface area contributed by atoms with E-state index in [4.69, 9.17) is 0 Å². The lowest BCUT2D eigenvalue weighted by Gasteiger charge is -2.36. The normalized spacial score (nSPS) is 28.2. The van der Waals surface area contributed by atoms with E-state index in [-0.39, 0.29) is 5.92 Å². The van der Waals surface area contributed by atoms with Crippen LogP contribution in [-0.4, -0.2) is 62.0 Å². The molecule has 4 heteroatoms. The molecule has 92 valence electrons. The smallest absolute Gasteiger partial charge is 0.227 e. The number of amides is 1. The van der Waals surface area contributed by atoms with Gasteiger partial charge in [-0.15, -0.1) is 0 Å². The Kier molecular flexibility index (Phi) is 3.82. The topological polar surface area (TPSA) is 35.6 Å². The van der Waals surface area contributed by atoms with E-state index in [9.17, 15) is 4.79 Å². The molecule has 2 rings (SSSR count). The van der Waals surface area contributed by atoms with E-state index >= 15 is 0 Å². The summed E-state index contributed by atoms with van der Waals surface area (Å²) in [7, 11) is 4.13. The van der Waals surface area contributed by atoms with E-state index in [1.54, 1.807) is 0 Å². The van der Waals surface area contributed by atoms with Crippen LogP contribution in [0.4, 0.5) is 0 Å². The number of nitrogens with one attached hydrogen (secondary N) is 1. The summed E-state index contributed by atoms with van der Waals surface area (Å²) < 4.78 is 0. The highest BCUT2D eigenvalue weighted by atomic mass is 16.2. The summed E-state index contributed by atoms with van der Waals surface area (Å²) in [6, 6.07) is 0.462. The van der Waals surface area contributed by atoms with Gasteiger partial charge in [0.1, 0.15) is 0 Å². The lowest BCUT2D eigenvalue weighted by atomic mass is 10.0. The van der Waals surface area contributed by atoms with Gasteiger partial charge in [-0.25, -0.2) is 0 Å². The summed E-state index contributed by atoms with van der Waals surface area (Å²) in [5.41, 5.74) is 0. The monoisotopic (exact) mass is 225 g/mol. The van der Waals surface area contributed by atoms with E-state index in [0.29, 0.717) is 11.9 Å². The van der Waals surface area contributed by atoms with Gasteiger partial charge in [-0.3, -0.25) is 4.79 Å². The fourth-order valence-corrected chi connectivity index (χ4v) is 2.72. The van der Waals surface area contributed by atoms with Gasteiger partial charge < -0.3 is 15.1 Å². The van der Waals surface area contributed by atoms with Crippen LogP contribution in [0.1, 0.15) is 19.3 Å². The third-order valence-corrected chi connectivity index (χ3v) is 3.99. The first kappa shape index (κ1) is 11.9. The van der Waals surface area contributed by atoms with Crippen LogP contribution in [0, 0.1) is 5.92 Å². The van der Waals surface area contributed by atoms with Gasteiger partial charge >= 0.3 is 0 Å². The summed E-state index contributed by atoms with van der Waals surface area (Å²) in [5.74, 6) is 0.573. The van der Waals surface area contributed by atoms with Crippen molar-refractivity contribution in [3.05, 3.63) is 0 Å². The Labute approximate surface area is 98.0 Å². The molecule has 2 aliphatic rings. The second-order valence-corrected chi connectivity index (χ2v) is 5.17. The predicted molar refractivity (Wildman–Crippen MR) is 64.3 cm³/mol. The van der Waals surface area contributed by atoms with Crippen molar-refractivity contribution in [2.45, 2.75) is 25.3 Å². The summed E-state index contributed by atoms with van der Waals surface area (Å²) in [6.45, 7) is 4.10. The van der Waals surface area contributed by atoms with Crippen molar-refractivity contribution < 1.29 is 4.79 Å². The van der Waals surface area contributed by atoms with Crippen LogP contribution in [0.3, 0.4) is 0 Å². The molecule has 0 aromatic heterocycles. The molecule has 2 fully saturated rings. The third kappa shape index (κ3) is 2.55. The molecule has 0 aliphatic carbocycles. The number of piperidine rings is 1. The first-order chi connectivity index (χ1) is 7.68. The van der Waals surface area contributed by atoms with Crippen LogP contribution in [0.5, 0.6) is 0 Å². The number of rotatable bonds is 2. The van der Waals surface area contributed by atoms with Crippen molar-refractivity contribution >= 4 is 5.91 Å². The number of carbonyl (C=O) groups is 1. The molecule has 2 saturated heterocycles. The van der Waals surface area contributed by atoms with Gasteiger partial charge in [-0.1, -0.05) is 0 Å². The zero-order valence-electron chi connectivity index (χ0n) is 10.4. The van der Waals surface area contributed by atoms with Crippen LogP contribution in [0.15, 0.2) is 0 Å². The van der Waals surface area contributed by atoms with Crippen LogP contribution < -0.4 is 5.32 Å². The van der Waals surface area contributed by atoms with Crippen molar-refractivity contribution in [1.82, 2.24) is 15.1 Å². The highest BCUT2D eigenvalue weighted by Gasteiger charge is 2.30. The van der Waals surface area contributed by atoms with E-state index in [0.717, 1.165) is 45.4 Å². The van der Waals surface area contributed by atoms with Crippen LogP contribution in [0.2, 0.25) is 0 Å². The Morgan fingerprint density at radius 2 is 2.00 bits per heavy atom. The molecule has 0 saturated carbocycles. The average Bonchev–Trinajstić information content (AvgIpc) is 2.81. The zero-order valence-corrected chi connectivity index (χ0v) is 10.4. The maximum Gasteiger partial charge on any atom is 0.227 e. The van der Waals surface area contributed by atoms with Gasteiger partial charge in [-0.05, 0) is 45.9 Å². The summed E-state index contributed by atoms with van der Waals surface area (Å²) in [4.78, 5) is 16.5. The van der Waals surface area contributed by atoms with Crippen molar-refractivity contribution in [2.24, 2.45) is 5.92 Å². The standard InChI is InChI=1S/C12H23N3O/c1-14-7-4-11(5-8-14)15(2)12(16)10-3-6-13-9-10/h10-11,13H,3-9H2,1-2H3. The third-order valence-electron chi connectivity index (χ3n) is 3.99. The van der Waals surface area contributed by atoms with E-state index < -0.39 is 0 Å². The van der Waals surface area contributed by atoms with Crippen molar-refractivity contribution in [3.8, 4) is 0 Å². The van der Waals surface area contributed by atoms with Gasteiger partial charge in [-0.2, -0.15) is 0 Å². The van der Waals surface area contributed by atoms with Crippen molar-refractivity contribution in [1.29, 1.82) is 0 Å². The van der Waals surface area contributed by atoms with Crippen LogP contribution >= 0.6 is 0 Å². The van der Waals surface area contributed by atoms with E-state index in [1.807, 2.05) is 11.9 Å². The molecule has 1 N–H and O–H groups in total. The molecule has 1 unspecified atom stereocenters. The quantitative estimate of drug-likeness (QED) is 0.726. The minimum Gasteiger partial charge on any atom is -0.342 e. The molecule has 2 heterocycles. The fourth-order valence-electron chi connectivity index (χ4n) is 2.72. The molecule has 1 atom stereocenters. The first-order valence-corrected chi connectivity index (χ1v) is 6.34. The number of hydrogen-bond donors (Lipinski definition) is 1. The van der Waals surface area contributed by atoms with Crippen LogP contribution in [-0.2, 0) is 4.79 Å².